The van der Waals surface area contributed by atoms with Crippen LogP contribution in [-0.4, -0.2) is 34.6 Å². The number of aromatic carboxylic acids is 1. The standard InChI is InChI=1S/C11H17N3O4/c1-6(2)4-12-9(15)7(3)13-11-14-8(5-18-11)10(16)17/h5-7H,4H2,1-3H3,(H,12,15)(H,13,14)(H,16,17). The molecule has 0 aliphatic heterocycles. The minimum Gasteiger partial charge on any atom is -0.476 e. The Morgan fingerprint density at radius 3 is 2.61 bits per heavy atom. The van der Waals surface area contributed by atoms with Gasteiger partial charge in [-0.1, -0.05) is 13.8 Å². The number of oxazole rings is 1. The van der Waals surface area contributed by atoms with Gasteiger partial charge >= 0.3 is 5.97 Å². The second-order valence-electron chi connectivity index (χ2n) is 4.35. The molecule has 0 fully saturated rings. The third-order valence-electron chi connectivity index (χ3n) is 2.14. The Hall–Kier alpha value is -2.05. The molecule has 1 aromatic rings. The minimum absolute atomic E-state index is 0.0135. The van der Waals surface area contributed by atoms with Crippen LogP contribution in [0.3, 0.4) is 0 Å². The molecule has 0 saturated heterocycles. The number of hydrogen-bond acceptors (Lipinski definition) is 5. The predicted molar refractivity (Wildman–Crippen MR) is 64.4 cm³/mol. The summed E-state index contributed by atoms with van der Waals surface area (Å²) in [4.78, 5) is 25.9. The van der Waals surface area contributed by atoms with Crippen molar-refractivity contribution in [3.8, 4) is 0 Å². The number of nitrogens with one attached hydrogen (secondary N) is 2. The van der Waals surface area contributed by atoms with Gasteiger partial charge in [0.1, 0.15) is 12.3 Å². The zero-order chi connectivity index (χ0) is 13.7. The molecule has 0 aromatic carbocycles. The SMILES string of the molecule is CC(C)CNC(=O)C(C)Nc1nc(C(=O)O)co1. The van der Waals surface area contributed by atoms with Crippen LogP contribution in [0.25, 0.3) is 0 Å². The van der Waals surface area contributed by atoms with Crippen LogP contribution in [0, 0.1) is 5.92 Å². The predicted octanol–water partition coefficient (Wildman–Crippen LogP) is 0.945. The van der Waals surface area contributed by atoms with E-state index >= 15 is 0 Å². The first-order valence-corrected chi connectivity index (χ1v) is 5.63. The molecule has 0 aliphatic carbocycles. The van der Waals surface area contributed by atoms with Crippen LogP contribution < -0.4 is 10.6 Å². The van der Waals surface area contributed by atoms with Gasteiger partial charge in [-0.25, -0.2) is 4.79 Å². The van der Waals surface area contributed by atoms with Gasteiger partial charge in [0.2, 0.25) is 5.91 Å². The molecule has 7 nitrogen and oxygen atoms in total. The Morgan fingerprint density at radius 1 is 1.44 bits per heavy atom. The molecule has 1 atom stereocenters. The highest BCUT2D eigenvalue weighted by Gasteiger charge is 2.16. The first-order valence-electron chi connectivity index (χ1n) is 5.63. The number of anilines is 1. The van der Waals surface area contributed by atoms with Crippen LogP contribution in [0.2, 0.25) is 0 Å². The van der Waals surface area contributed by atoms with Crippen molar-refractivity contribution in [2.24, 2.45) is 5.92 Å². The molecule has 1 rings (SSSR count). The summed E-state index contributed by atoms with van der Waals surface area (Å²) in [7, 11) is 0. The number of carbonyl (C=O) groups excluding carboxylic acids is 1. The highest BCUT2D eigenvalue weighted by atomic mass is 16.4. The van der Waals surface area contributed by atoms with Crippen LogP contribution in [0.5, 0.6) is 0 Å². The van der Waals surface area contributed by atoms with E-state index in [-0.39, 0.29) is 17.6 Å². The van der Waals surface area contributed by atoms with Gasteiger partial charge in [0, 0.05) is 6.54 Å². The highest BCUT2D eigenvalue weighted by Crippen LogP contribution is 2.08. The molecule has 0 spiro atoms. The largest absolute Gasteiger partial charge is 0.476 e. The number of nitrogens with zero attached hydrogens (tertiary/aromatic N) is 1. The second kappa shape index (κ2) is 6.04. The van der Waals surface area contributed by atoms with Gasteiger partial charge in [-0.15, -0.1) is 0 Å². The summed E-state index contributed by atoms with van der Waals surface area (Å²) in [6.45, 7) is 6.20. The van der Waals surface area contributed by atoms with Crippen molar-refractivity contribution in [3.63, 3.8) is 0 Å². The van der Waals surface area contributed by atoms with Gasteiger partial charge in [-0.05, 0) is 12.8 Å². The van der Waals surface area contributed by atoms with Crippen molar-refractivity contribution in [3.05, 3.63) is 12.0 Å². The van der Waals surface area contributed by atoms with Crippen LogP contribution in [0.15, 0.2) is 10.7 Å². The number of aromatic nitrogens is 1. The fourth-order valence-electron chi connectivity index (χ4n) is 1.15. The van der Waals surface area contributed by atoms with Crippen molar-refractivity contribution in [2.75, 3.05) is 11.9 Å². The molecular formula is C11H17N3O4. The van der Waals surface area contributed by atoms with E-state index < -0.39 is 12.0 Å². The molecular weight excluding hydrogens is 238 g/mol. The Labute approximate surface area is 105 Å². The summed E-state index contributed by atoms with van der Waals surface area (Å²) in [5.74, 6) is -1.01. The molecule has 1 amide bonds. The van der Waals surface area contributed by atoms with Gasteiger partial charge in [0.05, 0.1) is 0 Å². The molecule has 0 saturated carbocycles. The number of amides is 1. The maximum absolute atomic E-state index is 11.6. The van der Waals surface area contributed by atoms with Gasteiger partial charge in [-0.3, -0.25) is 4.79 Å². The Balaban J connectivity index is 2.50. The highest BCUT2D eigenvalue weighted by molar-refractivity contribution is 5.86. The lowest BCUT2D eigenvalue weighted by Gasteiger charge is -2.13. The summed E-state index contributed by atoms with van der Waals surface area (Å²) >= 11 is 0. The van der Waals surface area contributed by atoms with E-state index in [1.165, 1.54) is 0 Å². The third kappa shape index (κ3) is 4.08. The van der Waals surface area contributed by atoms with Crippen LogP contribution in [0.1, 0.15) is 31.3 Å². The Kier molecular flexibility index (Phi) is 4.70. The van der Waals surface area contributed by atoms with Gasteiger partial charge in [0.25, 0.3) is 6.01 Å². The minimum atomic E-state index is -1.18. The Bertz CT molecular complexity index is 428. The molecule has 0 aliphatic rings. The summed E-state index contributed by atoms with van der Waals surface area (Å²) < 4.78 is 4.89. The molecule has 0 bridgehead atoms. The zero-order valence-corrected chi connectivity index (χ0v) is 10.6. The topological polar surface area (TPSA) is 104 Å². The summed E-state index contributed by atoms with van der Waals surface area (Å²) in [6.07, 6.45) is 1.02. The summed E-state index contributed by atoms with van der Waals surface area (Å²) in [5, 5.41) is 14.1. The quantitative estimate of drug-likeness (QED) is 0.699. The zero-order valence-electron chi connectivity index (χ0n) is 10.6. The number of carbonyl (C=O) groups is 2. The van der Waals surface area contributed by atoms with E-state index in [1.54, 1.807) is 6.92 Å². The van der Waals surface area contributed by atoms with Crippen molar-refractivity contribution < 1.29 is 19.1 Å². The number of rotatable bonds is 6. The normalized spacial score (nSPS) is 12.2. The molecule has 100 valence electrons. The van der Waals surface area contributed by atoms with Crippen LogP contribution in [0.4, 0.5) is 6.01 Å². The first kappa shape index (κ1) is 14.0. The molecule has 1 unspecified atom stereocenters. The number of hydrogen-bond donors (Lipinski definition) is 3. The Morgan fingerprint density at radius 2 is 2.11 bits per heavy atom. The van der Waals surface area contributed by atoms with Gasteiger partial charge < -0.3 is 20.2 Å². The lowest BCUT2D eigenvalue weighted by Crippen LogP contribution is -2.39. The average molecular weight is 255 g/mol. The lowest BCUT2D eigenvalue weighted by atomic mass is 10.2. The fraction of sp³-hybridized carbons (Fsp3) is 0.545. The van der Waals surface area contributed by atoms with E-state index in [1.807, 2.05) is 13.8 Å². The summed E-state index contributed by atoms with van der Waals surface area (Å²) in [5.41, 5.74) is -0.202. The molecule has 1 heterocycles. The van der Waals surface area contributed by atoms with Gasteiger partial charge in [-0.2, -0.15) is 4.98 Å². The van der Waals surface area contributed by atoms with E-state index in [0.29, 0.717) is 12.5 Å². The fourth-order valence-corrected chi connectivity index (χ4v) is 1.15. The van der Waals surface area contributed by atoms with E-state index in [2.05, 4.69) is 15.6 Å². The van der Waals surface area contributed by atoms with Crippen LogP contribution in [-0.2, 0) is 4.79 Å². The molecule has 18 heavy (non-hydrogen) atoms. The smallest absolute Gasteiger partial charge is 0.357 e. The van der Waals surface area contributed by atoms with Crippen molar-refractivity contribution in [1.82, 2.24) is 10.3 Å². The van der Waals surface area contributed by atoms with Gasteiger partial charge in [0.15, 0.2) is 5.69 Å². The van der Waals surface area contributed by atoms with E-state index in [0.717, 1.165) is 6.26 Å². The number of carboxylic acid groups (broad SMARTS) is 1. The molecule has 0 radical (unpaired) electrons. The van der Waals surface area contributed by atoms with E-state index in [4.69, 9.17) is 9.52 Å². The molecule has 1 aromatic heterocycles. The van der Waals surface area contributed by atoms with Crippen LogP contribution >= 0.6 is 0 Å². The lowest BCUT2D eigenvalue weighted by molar-refractivity contribution is -0.121. The second-order valence-corrected chi connectivity index (χ2v) is 4.35. The maximum Gasteiger partial charge on any atom is 0.357 e. The average Bonchev–Trinajstić information content (AvgIpc) is 2.74. The van der Waals surface area contributed by atoms with Crippen molar-refractivity contribution >= 4 is 17.9 Å². The number of carboxylic acids is 1. The molecule has 3 N–H and O–H groups in total. The maximum atomic E-state index is 11.6. The summed E-state index contributed by atoms with van der Waals surface area (Å²) in [6, 6.07) is -0.538. The monoisotopic (exact) mass is 255 g/mol. The third-order valence-corrected chi connectivity index (χ3v) is 2.14. The molecule has 7 heteroatoms. The van der Waals surface area contributed by atoms with Crippen molar-refractivity contribution in [1.29, 1.82) is 0 Å². The van der Waals surface area contributed by atoms with E-state index in [9.17, 15) is 9.59 Å². The van der Waals surface area contributed by atoms with Crippen molar-refractivity contribution in [2.45, 2.75) is 26.8 Å². The first-order chi connectivity index (χ1) is 8.40.